The number of rotatable bonds is 3. The maximum atomic E-state index is 8.99. The molecule has 82 valence electrons. The van der Waals surface area contributed by atoms with Crippen molar-refractivity contribution in [3.63, 3.8) is 0 Å². The molecule has 2 N–H and O–H groups in total. The molecule has 4 atom stereocenters. The van der Waals surface area contributed by atoms with E-state index in [1.54, 1.807) is 0 Å². The number of aliphatic hydroxyl groups excluding tert-OH is 2. The Morgan fingerprint density at radius 3 is 1.57 bits per heavy atom. The molecule has 0 spiro atoms. The quantitative estimate of drug-likeness (QED) is 0.582. The summed E-state index contributed by atoms with van der Waals surface area (Å²) in [5.74, 6) is 0. The molecule has 2 rings (SSSR count). The lowest BCUT2D eigenvalue weighted by Gasteiger charge is -2.23. The van der Waals surface area contributed by atoms with Crippen molar-refractivity contribution in [1.29, 1.82) is 0 Å². The van der Waals surface area contributed by atoms with Crippen LogP contribution in [0.1, 0.15) is 0 Å². The molecule has 6 heteroatoms. The molecule has 0 aliphatic carbocycles. The highest BCUT2D eigenvalue weighted by atomic mass is 16.8. The van der Waals surface area contributed by atoms with E-state index in [0.29, 0.717) is 0 Å². The molecule has 0 bridgehead atoms. The van der Waals surface area contributed by atoms with Gasteiger partial charge in [0, 0.05) is 0 Å². The molecule has 2 aliphatic heterocycles. The zero-order chi connectivity index (χ0) is 9.97. The molecular weight excluding hydrogens is 192 g/mol. The summed E-state index contributed by atoms with van der Waals surface area (Å²) in [6.07, 6.45) is -1.51. The first-order chi connectivity index (χ1) is 6.86. The normalized spacial score (nSPS) is 43.3. The number of hydrogen-bond acceptors (Lipinski definition) is 6. The van der Waals surface area contributed by atoms with Crippen LogP contribution in [0.3, 0.4) is 0 Å². The minimum Gasteiger partial charge on any atom is -0.394 e. The summed E-state index contributed by atoms with van der Waals surface area (Å²) in [5, 5.41) is 18.0. The second-order valence-corrected chi connectivity index (χ2v) is 3.27. The van der Waals surface area contributed by atoms with Crippen molar-refractivity contribution in [1.82, 2.24) is 0 Å². The zero-order valence-electron chi connectivity index (χ0n) is 7.67. The zero-order valence-corrected chi connectivity index (χ0v) is 7.67. The number of ether oxygens (including phenoxy) is 4. The molecule has 0 aromatic heterocycles. The number of aliphatic hydroxyl groups is 2. The van der Waals surface area contributed by atoms with Gasteiger partial charge in [-0.2, -0.15) is 0 Å². The minimum atomic E-state index is -0.393. The van der Waals surface area contributed by atoms with Gasteiger partial charge in [0.15, 0.2) is 0 Å². The molecule has 2 fully saturated rings. The van der Waals surface area contributed by atoms with Gasteiger partial charge < -0.3 is 29.2 Å². The highest BCUT2D eigenvalue weighted by molar-refractivity contribution is 4.88. The first-order valence-electron chi connectivity index (χ1n) is 4.55. The molecule has 2 aliphatic rings. The molecule has 0 unspecified atom stereocenters. The summed E-state index contributed by atoms with van der Waals surface area (Å²) in [4.78, 5) is 0. The molecule has 2 heterocycles. The Bertz CT molecular complexity index is 167. The summed E-state index contributed by atoms with van der Waals surface area (Å²) >= 11 is 0. The Hall–Kier alpha value is -0.240. The lowest BCUT2D eigenvalue weighted by atomic mass is 10.0. The minimum absolute atomic E-state index is 0.122. The van der Waals surface area contributed by atoms with E-state index in [9.17, 15) is 0 Å². The topological polar surface area (TPSA) is 77.4 Å². The molecule has 0 radical (unpaired) electrons. The smallest absolute Gasteiger partial charge is 0.147 e. The van der Waals surface area contributed by atoms with E-state index in [1.165, 1.54) is 0 Å². The van der Waals surface area contributed by atoms with Gasteiger partial charge in [-0.3, -0.25) is 0 Å². The van der Waals surface area contributed by atoms with Crippen LogP contribution in [0.4, 0.5) is 0 Å². The van der Waals surface area contributed by atoms with Crippen LogP contribution in [-0.2, 0) is 18.9 Å². The van der Waals surface area contributed by atoms with E-state index in [-0.39, 0.29) is 39.0 Å². The van der Waals surface area contributed by atoms with Crippen LogP contribution in [-0.4, -0.2) is 61.4 Å². The van der Waals surface area contributed by atoms with E-state index in [2.05, 4.69) is 0 Å². The fraction of sp³-hybridized carbons (Fsp3) is 1.00. The Morgan fingerprint density at radius 1 is 0.786 bits per heavy atom. The lowest BCUT2D eigenvalue weighted by Crippen LogP contribution is -2.44. The molecule has 6 nitrogen and oxygen atoms in total. The van der Waals surface area contributed by atoms with Crippen molar-refractivity contribution in [2.45, 2.75) is 24.4 Å². The van der Waals surface area contributed by atoms with Crippen molar-refractivity contribution >= 4 is 0 Å². The Morgan fingerprint density at radius 2 is 1.21 bits per heavy atom. The van der Waals surface area contributed by atoms with Gasteiger partial charge >= 0.3 is 0 Å². The third kappa shape index (κ3) is 1.77. The van der Waals surface area contributed by atoms with E-state index >= 15 is 0 Å². The molecule has 2 saturated heterocycles. The van der Waals surface area contributed by atoms with Gasteiger partial charge in [-0.25, -0.2) is 0 Å². The van der Waals surface area contributed by atoms with Crippen LogP contribution >= 0.6 is 0 Å². The largest absolute Gasteiger partial charge is 0.394 e. The van der Waals surface area contributed by atoms with Crippen LogP contribution in [0.2, 0.25) is 0 Å². The molecule has 0 saturated carbocycles. The molecule has 14 heavy (non-hydrogen) atoms. The molecule has 0 aromatic carbocycles. The standard InChI is InChI=1S/C8H14O6/c9-1-5-7(13-3-11-5)8-6(2-10)12-4-14-8/h5-10H,1-4H2/t5-,6+,7-,8+. The summed E-state index contributed by atoms with van der Waals surface area (Å²) in [7, 11) is 0. The predicted molar refractivity (Wildman–Crippen MR) is 43.4 cm³/mol. The first kappa shape index (κ1) is 10.3. The van der Waals surface area contributed by atoms with Gasteiger partial charge in [0.2, 0.25) is 0 Å². The molecule has 0 amide bonds. The fourth-order valence-corrected chi connectivity index (χ4v) is 1.74. The highest BCUT2D eigenvalue weighted by Gasteiger charge is 2.43. The van der Waals surface area contributed by atoms with Crippen LogP contribution in [0.15, 0.2) is 0 Å². The van der Waals surface area contributed by atoms with Gasteiger partial charge in [-0.15, -0.1) is 0 Å². The third-order valence-corrected chi connectivity index (χ3v) is 2.50. The van der Waals surface area contributed by atoms with Gasteiger partial charge in [0.05, 0.1) is 13.2 Å². The van der Waals surface area contributed by atoms with Gasteiger partial charge in [-0.1, -0.05) is 0 Å². The van der Waals surface area contributed by atoms with Gasteiger partial charge in [-0.05, 0) is 0 Å². The number of hydrogen-bond donors (Lipinski definition) is 2. The van der Waals surface area contributed by atoms with E-state index < -0.39 is 12.2 Å². The van der Waals surface area contributed by atoms with Crippen LogP contribution in [0, 0.1) is 0 Å². The van der Waals surface area contributed by atoms with Crippen LogP contribution in [0.25, 0.3) is 0 Å². The predicted octanol–water partition coefficient (Wildman–Crippen LogP) is -1.55. The van der Waals surface area contributed by atoms with E-state index in [1.807, 2.05) is 0 Å². The van der Waals surface area contributed by atoms with Crippen molar-refractivity contribution in [3.05, 3.63) is 0 Å². The highest BCUT2D eigenvalue weighted by Crippen LogP contribution is 2.25. The second kappa shape index (κ2) is 4.52. The maximum absolute atomic E-state index is 8.99. The average Bonchev–Trinajstić information content (AvgIpc) is 2.85. The summed E-state index contributed by atoms with van der Waals surface area (Å²) < 4.78 is 20.8. The van der Waals surface area contributed by atoms with Crippen molar-refractivity contribution in [2.75, 3.05) is 26.8 Å². The summed E-state index contributed by atoms with van der Waals surface area (Å²) in [6, 6.07) is 0. The first-order valence-corrected chi connectivity index (χ1v) is 4.55. The second-order valence-electron chi connectivity index (χ2n) is 3.27. The van der Waals surface area contributed by atoms with Crippen molar-refractivity contribution in [3.8, 4) is 0 Å². The van der Waals surface area contributed by atoms with Crippen LogP contribution < -0.4 is 0 Å². The Kier molecular flexibility index (Phi) is 3.32. The Labute approximate surface area is 81.3 Å². The van der Waals surface area contributed by atoms with E-state index in [4.69, 9.17) is 29.2 Å². The van der Waals surface area contributed by atoms with Crippen LogP contribution in [0.5, 0.6) is 0 Å². The molecular formula is C8H14O6. The maximum Gasteiger partial charge on any atom is 0.147 e. The van der Waals surface area contributed by atoms with Crippen molar-refractivity contribution < 1.29 is 29.2 Å². The monoisotopic (exact) mass is 206 g/mol. The average molecular weight is 206 g/mol. The van der Waals surface area contributed by atoms with Gasteiger partial charge in [0.25, 0.3) is 0 Å². The van der Waals surface area contributed by atoms with Crippen molar-refractivity contribution in [2.24, 2.45) is 0 Å². The lowest BCUT2D eigenvalue weighted by molar-refractivity contribution is -0.0380. The SMILES string of the molecule is OC[C@@H]1OCO[C@@H]1[C@@H]1OCO[C@@H]1CO. The van der Waals surface area contributed by atoms with E-state index in [0.717, 1.165) is 0 Å². The molecule has 0 aromatic rings. The summed E-state index contributed by atoms with van der Waals surface area (Å²) in [6.45, 7) is 0.0488. The Balaban J connectivity index is 1.98. The fourth-order valence-electron chi connectivity index (χ4n) is 1.74. The van der Waals surface area contributed by atoms with Gasteiger partial charge in [0.1, 0.15) is 38.0 Å². The third-order valence-electron chi connectivity index (χ3n) is 2.50. The summed E-state index contributed by atoms with van der Waals surface area (Å²) in [5.41, 5.74) is 0.